The normalized spacial score (nSPS) is 12.3. The Balaban J connectivity index is 2.10. The van der Waals surface area contributed by atoms with E-state index in [1.807, 2.05) is 48.5 Å². The number of hydrogen-bond donors (Lipinski definition) is 1. The Morgan fingerprint density at radius 3 is 2.48 bits per heavy atom. The zero-order valence-corrected chi connectivity index (χ0v) is 13.2. The molecule has 0 aliphatic rings. The second-order valence-electron chi connectivity index (χ2n) is 4.86. The van der Waals surface area contributed by atoms with Gasteiger partial charge in [0.1, 0.15) is 11.9 Å². The van der Waals surface area contributed by atoms with Gasteiger partial charge in [0.15, 0.2) is 0 Å². The highest BCUT2D eigenvalue weighted by molar-refractivity contribution is 9.10. The van der Waals surface area contributed by atoms with Crippen molar-refractivity contribution in [3.63, 3.8) is 0 Å². The van der Waals surface area contributed by atoms with Crippen LogP contribution >= 0.6 is 15.9 Å². The van der Waals surface area contributed by atoms with Crippen molar-refractivity contribution in [3.05, 3.63) is 76.3 Å². The highest BCUT2D eigenvalue weighted by Crippen LogP contribution is 2.34. The van der Waals surface area contributed by atoms with E-state index in [2.05, 4.69) is 28.1 Å². The highest BCUT2D eigenvalue weighted by Gasteiger charge is 2.16. The fourth-order valence-corrected chi connectivity index (χ4v) is 3.09. The molecule has 0 fully saturated rings. The quantitative estimate of drug-likeness (QED) is 0.747. The van der Waals surface area contributed by atoms with Gasteiger partial charge in [-0.25, -0.2) is 0 Å². The van der Waals surface area contributed by atoms with Gasteiger partial charge in [-0.2, -0.15) is 0 Å². The van der Waals surface area contributed by atoms with Crippen LogP contribution in [-0.4, -0.2) is 12.2 Å². The first-order valence-corrected chi connectivity index (χ1v) is 7.49. The fourth-order valence-electron chi connectivity index (χ4n) is 2.51. The summed E-state index contributed by atoms with van der Waals surface area (Å²) >= 11 is 3.51. The summed E-state index contributed by atoms with van der Waals surface area (Å²) in [5.74, 6) is 0.760. The van der Waals surface area contributed by atoms with Crippen LogP contribution in [0.25, 0.3) is 10.8 Å². The molecule has 0 saturated heterocycles. The molecule has 106 valence electrons. The maximum atomic E-state index is 10.8. The van der Waals surface area contributed by atoms with Crippen LogP contribution in [-0.2, 0) is 0 Å². The molecular weight excluding hydrogens is 328 g/mol. The summed E-state index contributed by atoms with van der Waals surface area (Å²) < 4.78 is 6.03. The van der Waals surface area contributed by atoms with Gasteiger partial charge in [-0.05, 0) is 34.0 Å². The fraction of sp³-hybridized carbons (Fsp3) is 0.111. The molecule has 0 heterocycles. The summed E-state index contributed by atoms with van der Waals surface area (Å²) in [5.41, 5.74) is 1.73. The lowest BCUT2D eigenvalue weighted by atomic mass is 9.96. The van der Waals surface area contributed by atoms with E-state index < -0.39 is 6.10 Å². The van der Waals surface area contributed by atoms with Crippen LogP contribution in [0.2, 0.25) is 0 Å². The van der Waals surface area contributed by atoms with Crippen LogP contribution in [0.1, 0.15) is 17.2 Å². The van der Waals surface area contributed by atoms with Crippen LogP contribution in [0.3, 0.4) is 0 Å². The van der Waals surface area contributed by atoms with E-state index in [4.69, 9.17) is 4.74 Å². The molecule has 0 saturated carbocycles. The third-order valence-corrected chi connectivity index (χ3v) is 4.31. The lowest BCUT2D eigenvalue weighted by Gasteiger charge is -2.16. The molecule has 1 unspecified atom stereocenters. The molecule has 3 aromatic rings. The summed E-state index contributed by atoms with van der Waals surface area (Å²) in [6.45, 7) is 0. The number of ether oxygens (including phenoxy) is 1. The van der Waals surface area contributed by atoms with Crippen molar-refractivity contribution >= 4 is 26.7 Å². The average Bonchev–Trinajstić information content (AvgIpc) is 2.53. The first-order valence-electron chi connectivity index (χ1n) is 6.70. The van der Waals surface area contributed by atoms with Gasteiger partial charge in [0.25, 0.3) is 0 Å². The highest BCUT2D eigenvalue weighted by atomic mass is 79.9. The zero-order chi connectivity index (χ0) is 14.8. The Labute approximate surface area is 132 Å². The van der Waals surface area contributed by atoms with E-state index >= 15 is 0 Å². The minimum Gasteiger partial charge on any atom is -0.497 e. The number of aliphatic hydroxyl groups excluding tert-OH is 1. The monoisotopic (exact) mass is 342 g/mol. The molecule has 1 atom stereocenters. The van der Waals surface area contributed by atoms with Gasteiger partial charge in [0, 0.05) is 4.47 Å². The first-order chi connectivity index (χ1) is 10.2. The Morgan fingerprint density at radius 2 is 1.71 bits per heavy atom. The van der Waals surface area contributed by atoms with Gasteiger partial charge in [-0.3, -0.25) is 0 Å². The van der Waals surface area contributed by atoms with E-state index in [9.17, 15) is 5.11 Å². The Hall–Kier alpha value is -1.84. The Kier molecular flexibility index (Phi) is 3.95. The lowest BCUT2D eigenvalue weighted by Crippen LogP contribution is -2.02. The number of benzene rings is 3. The molecule has 2 nitrogen and oxygen atoms in total. The van der Waals surface area contributed by atoms with E-state index in [1.165, 1.54) is 0 Å². The number of methoxy groups -OCH3 is 1. The lowest BCUT2D eigenvalue weighted by molar-refractivity contribution is 0.221. The topological polar surface area (TPSA) is 29.5 Å². The minimum atomic E-state index is -0.684. The molecule has 0 spiro atoms. The third-order valence-electron chi connectivity index (χ3n) is 3.62. The second kappa shape index (κ2) is 5.88. The Bertz CT molecular complexity index is 778. The number of rotatable bonds is 3. The number of aliphatic hydroxyl groups is 1. The maximum absolute atomic E-state index is 10.8. The van der Waals surface area contributed by atoms with E-state index in [-0.39, 0.29) is 0 Å². The van der Waals surface area contributed by atoms with Crippen LogP contribution in [0.15, 0.2) is 65.1 Å². The van der Waals surface area contributed by atoms with Crippen molar-refractivity contribution in [2.75, 3.05) is 7.11 Å². The third kappa shape index (κ3) is 2.67. The van der Waals surface area contributed by atoms with Gasteiger partial charge >= 0.3 is 0 Å². The van der Waals surface area contributed by atoms with Gasteiger partial charge in [0.2, 0.25) is 0 Å². The van der Waals surface area contributed by atoms with E-state index in [1.54, 1.807) is 7.11 Å². The number of hydrogen-bond acceptors (Lipinski definition) is 2. The molecule has 3 heteroatoms. The summed E-state index contributed by atoms with van der Waals surface area (Å²) in [6.07, 6.45) is -0.684. The molecule has 0 bridgehead atoms. The molecule has 1 N–H and O–H groups in total. The smallest absolute Gasteiger partial charge is 0.120 e. The van der Waals surface area contributed by atoms with Crippen molar-refractivity contribution in [1.82, 2.24) is 0 Å². The summed E-state index contributed by atoms with van der Waals surface area (Å²) in [6, 6.07) is 19.7. The molecule has 0 amide bonds. The van der Waals surface area contributed by atoms with Gasteiger partial charge in [-0.1, -0.05) is 64.5 Å². The largest absolute Gasteiger partial charge is 0.497 e. The predicted molar refractivity (Wildman–Crippen MR) is 88.7 cm³/mol. The van der Waals surface area contributed by atoms with Gasteiger partial charge in [-0.15, -0.1) is 0 Å². The van der Waals surface area contributed by atoms with Gasteiger partial charge in [0.05, 0.1) is 7.11 Å². The van der Waals surface area contributed by atoms with E-state index in [0.717, 1.165) is 32.1 Å². The van der Waals surface area contributed by atoms with Crippen molar-refractivity contribution in [2.45, 2.75) is 6.10 Å². The minimum absolute atomic E-state index is 0.684. The molecule has 0 radical (unpaired) electrons. The molecule has 0 aliphatic heterocycles. The van der Waals surface area contributed by atoms with Crippen molar-refractivity contribution in [1.29, 1.82) is 0 Å². The SMILES string of the molecule is COc1ccc(C(O)c2cccc3ccccc23)c(Br)c1. The van der Waals surface area contributed by atoms with Crippen molar-refractivity contribution in [3.8, 4) is 5.75 Å². The van der Waals surface area contributed by atoms with Gasteiger partial charge < -0.3 is 9.84 Å². The first kappa shape index (κ1) is 14.1. The van der Waals surface area contributed by atoms with Crippen LogP contribution in [0, 0.1) is 0 Å². The summed E-state index contributed by atoms with van der Waals surface area (Å²) in [4.78, 5) is 0. The summed E-state index contributed by atoms with van der Waals surface area (Å²) in [7, 11) is 1.63. The second-order valence-corrected chi connectivity index (χ2v) is 5.71. The maximum Gasteiger partial charge on any atom is 0.120 e. The molecular formula is C18H15BrO2. The van der Waals surface area contributed by atoms with Crippen molar-refractivity contribution < 1.29 is 9.84 Å². The molecule has 21 heavy (non-hydrogen) atoms. The predicted octanol–water partition coefficient (Wildman–Crippen LogP) is 4.69. The van der Waals surface area contributed by atoms with Crippen LogP contribution in [0.5, 0.6) is 5.75 Å². The average molecular weight is 343 g/mol. The molecule has 0 aliphatic carbocycles. The van der Waals surface area contributed by atoms with Crippen LogP contribution < -0.4 is 4.74 Å². The molecule has 3 aromatic carbocycles. The number of fused-ring (bicyclic) bond motifs is 1. The summed E-state index contributed by atoms with van der Waals surface area (Å²) in [5, 5.41) is 13.0. The number of halogens is 1. The molecule has 0 aromatic heterocycles. The Morgan fingerprint density at radius 1 is 0.952 bits per heavy atom. The van der Waals surface area contributed by atoms with Crippen molar-refractivity contribution in [2.24, 2.45) is 0 Å². The van der Waals surface area contributed by atoms with E-state index in [0.29, 0.717) is 0 Å². The molecule has 3 rings (SSSR count). The standard InChI is InChI=1S/C18H15BrO2/c1-21-13-9-10-16(17(19)11-13)18(20)15-8-4-6-12-5-2-3-7-14(12)15/h2-11,18,20H,1H3. The van der Waals surface area contributed by atoms with Crippen LogP contribution in [0.4, 0.5) is 0 Å². The zero-order valence-electron chi connectivity index (χ0n) is 11.6.